The Labute approximate surface area is 163 Å². The molecule has 1 N–H and O–H groups in total. The number of fused-ring (bicyclic) bond motifs is 2. The molecule has 0 unspecified atom stereocenters. The number of carbonyl (C=O) groups is 1. The molecule has 6 heteroatoms. The van der Waals surface area contributed by atoms with Crippen LogP contribution in [0.25, 0.3) is 11.3 Å². The smallest absolute Gasteiger partial charge is 0.253 e. The van der Waals surface area contributed by atoms with E-state index in [1.807, 2.05) is 54.4 Å². The number of rotatable bonds is 2. The van der Waals surface area contributed by atoms with E-state index in [1.165, 1.54) is 5.56 Å². The van der Waals surface area contributed by atoms with Gasteiger partial charge in [-0.25, -0.2) is 0 Å². The monoisotopic (exact) mass is 377 g/mol. The Bertz CT molecular complexity index is 994. The number of H-pyrrole nitrogens is 1. The van der Waals surface area contributed by atoms with Gasteiger partial charge in [0.1, 0.15) is 17.1 Å². The largest absolute Gasteiger partial charge is 0.461 e. The summed E-state index contributed by atoms with van der Waals surface area (Å²) in [5, 5.41) is 7.33. The number of aromatic amines is 1. The van der Waals surface area contributed by atoms with Crippen molar-refractivity contribution in [2.24, 2.45) is 0 Å². The topological polar surface area (TPSA) is 71.4 Å². The number of aromatic nitrogens is 2. The van der Waals surface area contributed by atoms with Crippen LogP contribution in [0.4, 0.5) is 0 Å². The van der Waals surface area contributed by atoms with Crippen LogP contribution < -0.4 is 0 Å². The van der Waals surface area contributed by atoms with E-state index >= 15 is 0 Å². The zero-order valence-corrected chi connectivity index (χ0v) is 15.9. The zero-order valence-electron chi connectivity index (χ0n) is 15.9. The fourth-order valence-corrected chi connectivity index (χ4v) is 4.34. The Morgan fingerprint density at radius 1 is 1.14 bits per heavy atom. The summed E-state index contributed by atoms with van der Waals surface area (Å²) in [4.78, 5) is 14.9. The van der Waals surface area contributed by atoms with Crippen LogP contribution in [0, 0.1) is 6.92 Å². The molecule has 1 spiro atoms. The molecule has 1 saturated heterocycles. The molecule has 0 saturated carbocycles. The Morgan fingerprint density at radius 2 is 1.93 bits per heavy atom. The predicted octanol–water partition coefficient (Wildman–Crippen LogP) is 3.68. The van der Waals surface area contributed by atoms with Crippen LogP contribution in [0.3, 0.4) is 0 Å². The van der Waals surface area contributed by atoms with Crippen LogP contribution in [0.15, 0.2) is 47.0 Å². The van der Waals surface area contributed by atoms with Gasteiger partial charge in [0.2, 0.25) is 0 Å². The molecule has 1 amide bonds. The summed E-state index contributed by atoms with van der Waals surface area (Å²) < 4.78 is 11.8. The quantitative estimate of drug-likeness (QED) is 0.739. The van der Waals surface area contributed by atoms with E-state index in [0.717, 1.165) is 42.0 Å². The summed E-state index contributed by atoms with van der Waals surface area (Å²) in [6, 6.07) is 11.5. The number of likely N-dealkylation sites (tertiary alicyclic amines) is 1. The van der Waals surface area contributed by atoms with Crippen LogP contribution in [-0.2, 0) is 16.8 Å². The van der Waals surface area contributed by atoms with E-state index in [9.17, 15) is 4.79 Å². The Balaban J connectivity index is 1.29. The molecular formula is C22H23N3O3. The molecule has 2 aliphatic heterocycles. The number of aryl methyl sites for hydroxylation is 1. The van der Waals surface area contributed by atoms with Crippen molar-refractivity contribution in [1.82, 2.24) is 15.1 Å². The molecule has 2 aliphatic rings. The van der Waals surface area contributed by atoms with Gasteiger partial charge < -0.3 is 14.1 Å². The minimum atomic E-state index is -0.318. The van der Waals surface area contributed by atoms with Crippen LogP contribution in [0.2, 0.25) is 0 Å². The lowest BCUT2D eigenvalue weighted by molar-refractivity contribution is -0.0962. The van der Waals surface area contributed by atoms with Gasteiger partial charge in [-0.05, 0) is 56.0 Å². The van der Waals surface area contributed by atoms with Gasteiger partial charge in [-0.3, -0.25) is 9.89 Å². The molecule has 0 aliphatic carbocycles. The summed E-state index contributed by atoms with van der Waals surface area (Å²) in [5.74, 6) is 1.77. The second-order valence-corrected chi connectivity index (χ2v) is 7.64. The molecular weight excluding hydrogens is 354 g/mol. The fraction of sp³-hybridized carbons (Fsp3) is 0.364. The van der Waals surface area contributed by atoms with E-state index < -0.39 is 0 Å². The second-order valence-electron chi connectivity index (χ2n) is 7.64. The molecule has 4 heterocycles. The number of furan rings is 1. The van der Waals surface area contributed by atoms with E-state index in [-0.39, 0.29) is 11.5 Å². The van der Waals surface area contributed by atoms with E-state index in [0.29, 0.717) is 25.3 Å². The normalized spacial score (nSPS) is 18.2. The van der Waals surface area contributed by atoms with E-state index in [2.05, 4.69) is 10.2 Å². The molecule has 2 aromatic heterocycles. The van der Waals surface area contributed by atoms with Gasteiger partial charge in [0.05, 0.1) is 18.5 Å². The SMILES string of the molecule is Cc1ccc(-c2ccc(C(=O)N3CCC4(CC3)OCCc3cn[nH]c34)cc2)o1. The van der Waals surface area contributed by atoms with Crippen molar-refractivity contribution >= 4 is 5.91 Å². The van der Waals surface area contributed by atoms with Gasteiger partial charge >= 0.3 is 0 Å². The summed E-state index contributed by atoms with van der Waals surface area (Å²) in [5.41, 5.74) is 3.71. The summed E-state index contributed by atoms with van der Waals surface area (Å²) in [6.07, 6.45) is 4.38. The number of ether oxygens (including phenoxy) is 1. The van der Waals surface area contributed by atoms with Gasteiger partial charge in [-0.2, -0.15) is 5.10 Å². The first-order chi connectivity index (χ1) is 13.6. The van der Waals surface area contributed by atoms with E-state index in [1.54, 1.807) is 0 Å². The number of nitrogens with one attached hydrogen (secondary N) is 1. The number of hydrogen-bond acceptors (Lipinski definition) is 4. The van der Waals surface area contributed by atoms with Crippen molar-refractivity contribution in [1.29, 1.82) is 0 Å². The summed E-state index contributed by atoms with van der Waals surface area (Å²) >= 11 is 0. The van der Waals surface area contributed by atoms with Gasteiger partial charge in [-0.15, -0.1) is 0 Å². The van der Waals surface area contributed by atoms with Crippen LogP contribution >= 0.6 is 0 Å². The highest BCUT2D eigenvalue weighted by Crippen LogP contribution is 2.40. The number of nitrogens with zero attached hydrogens (tertiary/aromatic N) is 2. The molecule has 5 rings (SSSR count). The van der Waals surface area contributed by atoms with Crippen molar-refractivity contribution in [2.75, 3.05) is 19.7 Å². The van der Waals surface area contributed by atoms with Crippen LogP contribution in [0.1, 0.15) is 40.2 Å². The third-order valence-corrected chi connectivity index (χ3v) is 5.94. The first-order valence-corrected chi connectivity index (χ1v) is 9.77. The van der Waals surface area contributed by atoms with Gasteiger partial charge in [0.15, 0.2) is 0 Å². The number of piperidine rings is 1. The number of hydrogen-bond donors (Lipinski definition) is 1. The molecule has 1 fully saturated rings. The molecule has 28 heavy (non-hydrogen) atoms. The lowest BCUT2D eigenvalue weighted by Gasteiger charge is -2.43. The highest BCUT2D eigenvalue weighted by molar-refractivity contribution is 5.94. The molecule has 144 valence electrons. The third-order valence-electron chi connectivity index (χ3n) is 5.94. The van der Waals surface area contributed by atoms with Crippen molar-refractivity contribution in [3.05, 3.63) is 65.2 Å². The maximum Gasteiger partial charge on any atom is 0.253 e. The number of carbonyl (C=O) groups excluding carboxylic acids is 1. The Hall–Kier alpha value is -2.86. The highest BCUT2D eigenvalue weighted by Gasteiger charge is 2.43. The minimum Gasteiger partial charge on any atom is -0.461 e. The minimum absolute atomic E-state index is 0.0673. The summed E-state index contributed by atoms with van der Waals surface area (Å²) in [6.45, 7) is 3.99. The van der Waals surface area contributed by atoms with E-state index in [4.69, 9.17) is 9.15 Å². The number of benzene rings is 1. The Morgan fingerprint density at radius 3 is 2.64 bits per heavy atom. The molecule has 0 atom stereocenters. The standard InChI is InChI=1S/C22H23N3O3/c1-15-2-7-19(28-15)16-3-5-17(6-4-16)21(26)25-11-9-22(10-12-25)20-18(8-13-27-22)14-23-24-20/h2-7,14H,8-13H2,1H3,(H,23,24). The second kappa shape index (κ2) is 6.63. The Kier molecular flexibility index (Phi) is 4.09. The van der Waals surface area contributed by atoms with Crippen molar-refractivity contribution in [3.8, 4) is 11.3 Å². The van der Waals surface area contributed by atoms with Crippen LogP contribution in [0.5, 0.6) is 0 Å². The van der Waals surface area contributed by atoms with Crippen molar-refractivity contribution in [2.45, 2.75) is 31.8 Å². The fourth-order valence-electron chi connectivity index (χ4n) is 4.34. The first-order valence-electron chi connectivity index (χ1n) is 9.77. The highest BCUT2D eigenvalue weighted by atomic mass is 16.5. The summed E-state index contributed by atoms with van der Waals surface area (Å²) in [7, 11) is 0. The third kappa shape index (κ3) is 2.85. The molecule has 0 bridgehead atoms. The lowest BCUT2D eigenvalue weighted by atomic mass is 9.83. The average Bonchev–Trinajstić information content (AvgIpc) is 3.38. The van der Waals surface area contributed by atoms with Crippen molar-refractivity contribution < 1.29 is 13.9 Å². The molecule has 6 nitrogen and oxygen atoms in total. The average molecular weight is 377 g/mol. The number of amides is 1. The maximum atomic E-state index is 13.0. The molecule has 3 aromatic rings. The lowest BCUT2D eigenvalue weighted by Crippen LogP contribution is -2.48. The predicted molar refractivity (Wildman–Crippen MR) is 104 cm³/mol. The van der Waals surface area contributed by atoms with Gasteiger partial charge in [0, 0.05) is 24.2 Å². The molecule has 0 radical (unpaired) electrons. The molecule has 1 aromatic carbocycles. The van der Waals surface area contributed by atoms with Gasteiger partial charge in [0.25, 0.3) is 5.91 Å². The van der Waals surface area contributed by atoms with Gasteiger partial charge in [-0.1, -0.05) is 12.1 Å². The first kappa shape index (κ1) is 17.3. The zero-order chi connectivity index (χ0) is 19.1. The van der Waals surface area contributed by atoms with Crippen molar-refractivity contribution in [3.63, 3.8) is 0 Å². The maximum absolute atomic E-state index is 13.0. The van der Waals surface area contributed by atoms with Crippen LogP contribution in [-0.4, -0.2) is 40.7 Å².